The fraction of sp³-hybridized carbons (Fsp3) is 0.350. The number of sulfonamides is 1. The number of thiophene rings is 1. The summed E-state index contributed by atoms with van der Waals surface area (Å²) in [6, 6.07) is 8.32. The maximum Gasteiger partial charge on any atom is 0.338 e. The molecule has 1 fully saturated rings. The van der Waals surface area contributed by atoms with Gasteiger partial charge in [-0.2, -0.15) is 4.31 Å². The molecule has 1 aromatic carbocycles. The van der Waals surface area contributed by atoms with Gasteiger partial charge in [0.2, 0.25) is 5.91 Å². The van der Waals surface area contributed by atoms with Crippen molar-refractivity contribution in [3.8, 4) is 0 Å². The lowest BCUT2D eigenvalue weighted by molar-refractivity contribution is -0.120. The van der Waals surface area contributed by atoms with Crippen LogP contribution in [0.25, 0.3) is 10.2 Å². The fourth-order valence-corrected chi connectivity index (χ4v) is 7.02. The summed E-state index contributed by atoms with van der Waals surface area (Å²) in [5.74, 6) is -1.11. The average Bonchev–Trinajstić information content (AvgIpc) is 3.43. The first kappa shape index (κ1) is 21.9. The van der Waals surface area contributed by atoms with Crippen LogP contribution in [0.15, 0.2) is 39.9 Å². The van der Waals surface area contributed by atoms with Gasteiger partial charge in [0.25, 0.3) is 10.0 Å². The molecule has 0 radical (unpaired) electrons. The lowest BCUT2D eigenvalue weighted by Gasteiger charge is -2.30. The van der Waals surface area contributed by atoms with Crippen molar-refractivity contribution >= 4 is 59.9 Å². The minimum absolute atomic E-state index is 0.143. The number of piperidine rings is 1. The summed E-state index contributed by atoms with van der Waals surface area (Å²) in [5.41, 5.74) is 1.09. The molecule has 11 heteroatoms. The van der Waals surface area contributed by atoms with Gasteiger partial charge in [-0.25, -0.2) is 18.2 Å². The zero-order chi connectivity index (χ0) is 22.0. The van der Waals surface area contributed by atoms with E-state index in [-0.39, 0.29) is 16.7 Å². The van der Waals surface area contributed by atoms with E-state index in [1.165, 1.54) is 27.0 Å². The highest BCUT2D eigenvalue weighted by Crippen LogP contribution is 2.30. The minimum Gasteiger partial charge on any atom is -0.462 e. The molecule has 31 heavy (non-hydrogen) atoms. The Morgan fingerprint density at radius 1 is 1.32 bits per heavy atom. The molecular formula is C20H21N3O5S3. The van der Waals surface area contributed by atoms with Gasteiger partial charge >= 0.3 is 5.97 Å². The normalized spacial score (nSPS) is 17.5. The summed E-state index contributed by atoms with van der Waals surface area (Å²) in [5, 5.41) is 4.95. The van der Waals surface area contributed by atoms with Crippen LogP contribution in [0.5, 0.6) is 0 Å². The number of fused-ring (bicyclic) bond motifs is 1. The van der Waals surface area contributed by atoms with Gasteiger partial charge in [0.1, 0.15) is 4.21 Å². The van der Waals surface area contributed by atoms with Crippen LogP contribution in [-0.2, 0) is 19.6 Å². The fourth-order valence-electron chi connectivity index (χ4n) is 3.44. The number of hydrogen-bond acceptors (Lipinski definition) is 8. The van der Waals surface area contributed by atoms with Gasteiger partial charge in [-0.3, -0.25) is 4.79 Å². The van der Waals surface area contributed by atoms with Crippen LogP contribution in [0.2, 0.25) is 0 Å². The molecule has 4 rings (SSSR count). The van der Waals surface area contributed by atoms with E-state index in [9.17, 15) is 18.0 Å². The predicted molar refractivity (Wildman–Crippen MR) is 120 cm³/mol. The number of benzene rings is 1. The molecular weight excluding hydrogens is 458 g/mol. The number of rotatable bonds is 6. The van der Waals surface area contributed by atoms with E-state index in [4.69, 9.17) is 4.74 Å². The van der Waals surface area contributed by atoms with Crippen molar-refractivity contribution in [1.29, 1.82) is 0 Å². The van der Waals surface area contributed by atoms with Gasteiger partial charge in [-0.15, -0.1) is 11.3 Å². The number of ether oxygens (including phenoxy) is 1. The summed E-state index contributed by atoms with van der Waals surface area (Å²) < 4.78 is 33.0. The second kappa shape index (κ2) is 9.03. The van der Waals surface area contributed by atoms with Gasteiger partial charge in [-0.05, 0) is 49.4 Å². The van der Waals surface area contributed by atoms with E-state index in [1.54, 1.807) is 42.6 Å². The Bertz CT molecular complexity index is 1200. The largest absolute Gasteiger partial charge is 0.462 e. The number of hydrogen-bond donors (Lipinski definition) is 1. The molecule has 1 N–H and O–H groups in total. The number of nitrogens with one attached hydrogen (secondary N) is 1. The first-order valence-corrected chi connectivity index (χ1v) is 12.9. The van der Waals surface area contributed by atoms with E-state index in [0.717, 1.165) is 4.70 Å². The van der Waals surface area contributed by atoms with E-state index < -0.39 is 21.9 Å². The van der Waals surface area contributed by atoms with Crippen LogP contribution in [0.1, 0.15) is 30.1 Å². The Kier molecular flexibility index (Phi) is 6.37. The molecule has 1 saturated heterocycles. The monoisotopic (exact) mass is 479 g/mol. The van der Waals surface area contributed by atoms with Crippen molar-refractivity contribution < 1.29 is 22.7 Å². The third-order valence-electron chi connectivity index (χ3n) is 4.97. The number of anilines is 1. The van der Waals surface area contributed by atoms with Crippen molar-refractivity contribution in [2.24, 2.45) is 5.92 Å². The molecule has 3 aromatic rings. The standard InChI is InChI=1S/C20H21N3O5S3/c1-2-28-19(25)13-7-8-15-16(11-13)30-20(21-15)22-18(24)14-5-3-9-23(12-14)31(26,27)17-6-4-10-29-17/h4,6-8,10-11,14H,2-3,5,9,12H2,1H3,(H,21,22,24)/t14-/m1/s1. The second-order valence-electron chi connectivity index (χ2n) is 7.05. The first-order chi connectivity index (χ1) is 14.9. The zero-order valence-corrected chi connectivity index (χ0v) is 19.2. The van der Waals surface area contributed by atoms with Crippen molar-refractivity contribution in [2.45, 2.75) is 24.0 Å². The summed E-state index contributed by atoms with van der Waals surface area (Å²) in [7, 11) is -3.58. The number of carbonyl (C=O) groups is 2. The SMILES string of the molecule is CCOC(=O)c1ccc2nc(NC(=O)[C@@H]3CCCN(S(=O)(=O)c4cccs4)C3)sc2c1. The molecule has 0 bridgehead atoms. The van der Waals surface area contributed by atoms with E-state index in [1.807, 2.05) is 0 Å². The molecule has 0 spiro atoms. The molecule has 0 saturated carbocycles. The number of esters is 1. The van der Waals surface area contributed by atoms with Crippen LogP contribution >= 0.6 is 22.7 Å². The second-order valence-corrected chi connectivity index (χ2v) is 11.2. The smallest absolute Gasteiger partial charge is 0.338 e. The van der Waals surface area contributed by atoms with Gasteiger partial charge < -0.3 is 10.1 Å². The minimum atomic E-state index is -3.58. The van der Waals surface area contributed by atoms with Crippen LogP contribution < -0.4 is 5.32 Å². The topological polar surface area (TPSA) is 106 Å². The van der Waals surface area contributed by atoms with E-state index in [2.05, 4.69) is 10.3 Å². The maximum atomic E-state index is 12.8. The highest BCUT2D eigenvalue weighted by atomic mass is 32.2. The van der Waals surface area contributed by atoms with E-state index >= 15 is 0 Å². The van der Waals surface area contributed by atoms with E-state index in [0.29, 0.717) is 42.2 Å². The van der Waals surface area contributed by atoms with Crippen LogP contribution in [0, 0.1) is 5.92 Å². The Labute approximate surface area is 187 Å². The molecule has 164 valence electrons. The Morgan fingerprint density at radius 2 is 2.16 bits per heavy atom. The highest BCUT2D eigenvalue weighted by Gasteiger charge is 2.34. The third-order valence-corrected chi connectivity index (χ3v) is 9.15. The average molecular weight is 480 g/mol. The summed E-state index contributed by atoms with van der Waals surface area (Å²) >= 11 is 2.44. The number of aromatic nitrogens is 1. The number of nitrogens with zero attached hydrogens (tertiary/aromatic N) is 2. The Hall–Kier alpha value is -2.34. The molecule has 2 aromatic heterocycles. The molecule has 0 unspecified atom stereocenters. The Balaban J connectivity index is 1.46. The van der Waals surface area contributed by atoms with Crippen LogP contribution in [0.3, 0.4) is 0 Å². The van der Waals surface area contributed by atoms with Gasteiger partial charge in [0.05, 0.1) is 28.3 Å². The first-order valence-electron chi connectivity index (χ1n) is 9.80. The quantitative estimate of drug-likeness (QED) is 0.542. The van der Waals surface area contributed by atoms with Gasteiger partial charge in [0, 0.05) is 13.1 Å². The molecule has 1 amide bonds. The molecule has 1 atom stereocenters. The van der Waals surface area contributed by atoms with Crippen LogP contribution in [-0.4, -0.2) is 49.3 Å². The Morgan fingerprint density at radius 3 is 2.90 bits per heavy atom. The lowest BCUT2D eigenvalue weighted by atomic mass is 9.99. The van der Waals surface area contributed by atoms with Crippen molar-refractivity contribution in [1.82, 2.24) is 9.29 Å². The molecule has 8 nitrogen and oxygen atoms in total. The highest BCUT2D eigenvalue weighted by molar-refractivity contribution is 7.91. The van der Waals surface area contributed by atoms with Crippen LogP contribution in [0.4, 0.5) is 5.13 Å². The molecule has 1 aliphatic heterocycles. The van der Waals surface area contributed by atoms with Crippen molar-refractivity contribution in [3.05, 3.63) is 41.3 Å². The number of carbonyl (C=O) groups excluding carboxylic acids is 2. The number of thiazole rings is 1. The maximum absolute atomic E-state index is 12.8. The number of amides is 1. The summed E-state index contributed by atoms with van der Waals surface area (Å²) in [6.45, 7) is 2.59. The molecule has 0 aliphatic carbocycles. The molecule has 3 heterocycles. The zero-order valence-electron chi connectivity index (χ0n) is 16.7. The van der Waals surface area contributed by atoms with Crippen molar-refractivity contribution in [3.63, 3.8) is 0 Å². The van der Waals surface area contributed by atoms with Gasteiger partial charge in [-0.1, -0.05) is 17.4 Å². The molecule has 1 aliphatic rings. The van der Waals surface area contributed by atoms with Crippen molar-refractivity contribution in [2.75, 3.05) is 25.0 Å². The lowest BCUT2D eigenvalue weighted by Crippen LogP contribution is -2.43. The third kappa shape index (κ3) is 4.64. The van der Waals surface area contributed by atoms with Gasteiger partial charge in [0.15, 0.2) is 5.13 Å². The summed E-state index contributed by atoms with van der Waals surface area (Å²) in [6.07, 6.45) is 1.23. The predicted octanol–water partition coefficient (Wildman–Crippen LogP) is 3.57. The summed E-state index contributed by atoms with van der Waals surface area (Å²) in [4.78, 5) is 29.1.